The normalized spacial score (nSPS) is 19.2. The Kier molecular flexibility index (Phi) is 3.78. The van der Waals surface area contributed by atoms with E-state index in [0.29, 0.717) is 17.3 Å². The molecule has 1 unspecified atom stereocenters. The highest BCUT2D eigenvalue weighted by Crippen LogP contribution is 2.25. The predicted octanol–water partition coefficient (Wildman–Crippen LogP) is 2.13. The molecule has 2 rings (SSSR count). The minimum atomic E-state index is -0.923. The molecule has 1 aromatic carbocycles. The SMILES string of the molecule is Nc1ccc(C(=O)O)c(NCC2CCSC2)c1. The van der Waals surface area contributed by atoms with E-state index in [1.807, 2.05) is 11.8 Å². The van der Waals surface area contributed by atoms with Crippen molar-refractivity contribution in [2.75, 3.05) is 29.1 Å². The van der Waals surface area contributed by atoms with Gasteiger partial charge in [-0.15, -0.1) is 0 Å². The van der Waals surface area contributed by atoms with Crippen LogP contribution in [0.5, 0.6) is 0 Å². The zero-order valence-electron chi connectivity index (χ0n) is 9.48. The third-order valence-corrected chi connectivity index (χ3v) is 4.11. The molecule has 17 heavy (non-hydrogen) atoms. The maximum Gasteiger partial charge on any atom is 0.337 e. The van der Waals surface area contributed by atoms with Crippen molar-refractivity contribution in [2.24, 2.45) is 5.92 Å². The maximum atomic E-state index is 11.0. The van der Waals surface area contributed by atoms with Gasteiger partial charge in [0, 0.05) is 12.2 Å². The van der Waals surface area contributed by atoms with Gasteiger partial charge in [0.1, 0.15) is 0 Å². The van der Waals surface area contributed by atoms with Gasteiger partial charge in [-0.05, 0) is 42.0 Å². The number of carboxylic acids is 1. The Labute approximate surface area is 105 Å². The Morgan fingerprint density at radius 1 is 1.59 bits per heavy atom. The van der Waals surface area contributed by atoms with Crippen LogP contribution in [0, 0.1) is 5.92 Å². The number of aromatic carboxylic acids is 1. The molecule has 4 nitrogen and oxygen atoms in total. The minimum absolute atomic E-state index is 0.282. The molecule has 1 saturated heterocycles. The molecule has 1 aliphatic rings. The van der Waals surface area contributed by atoms with Crippen molar-refractivity contribution in [3.8, 4) is 0 Å². The second-order valence-electron chi connectivity index (χ2n) is 4.22. The zero-order valence-corrected chi connectivity index (χ0v) is 10.3. The first-order chi connectivity index (χ1) is 8.16. The number of anilines is 2. The topological polar surface area (TPSA) is 75.4 Å². The van der Waals surface area contributed by atoms with Crippen LogP contribution in [0.25, 0.3) is 0 Å². The highest BCUT2D eigenvalue weighted by molar-refractivity contribution is 7.99. The van der Waals surface area contributed by atoms with E-state index in [1.165, 1.54) is 12.2 Å². The highest BCUT2D eigenvalue weighted by Gasteiger charge is 2.16. The van der Waals surface area contributed by atoms with Gasteiger partial charge in [-0.2, -0.15) is 11.8 Å². The summed E-state index contributed by atoms with van der Waals surface area (Å²) < 4.78 is 0. The van der Waals surface area contributed by atoms with Crippen LogP contribution in [0.4, 0.5) is 11.4 Å². The standard InChI is InChI=1S/C12H16N2O2S/c13-9-1-2-10(12(15)16)11(5-9)14-6-8-3-4-17-7-8/h1-2,5,8,14H,3-4,6-7,13H2,(H,15,16). The lowest BCUT2D eigenvalue weighted by Crippen LogP contribution is -2.15. The van der Waals surface area contributed by atoms with E-state index in [1.54, 1.807) is 18.2 Å². The number of hydrogen-bond acceptors (Lipinski definition) is 4. The third kappa shape index (κ3) is 3.06. The van der Waals surface area contributed by atoms with Gasteiger partial charge in [0.05, 0.1) is 11.3 Å². The second kappa shape index (κ2) is 5.31. The Balaban J connectivity index is 2.07. The van der Waals surface area contributed by atoms with Gasteiger partial charge in [-0.1, -0.05) is 0 Å². The summed E-state index contributed by atoms with van der Waals surface area (Å²) in [4.78, 5) is 11.0. The Morgan fingerprint density at radius 3 is 3.06 bits per heavy atom. The van der Waals surface area contributed by atoms with Gasteiger partial charge in [-0.25, -0.2) is 4.79 Å². The number of carboxylic acid groups (broad SMARTS) is 1. The summed E-state index contributed by atoms with van der Waals surface area (Å²) in [6.45, 7) is 0.816. The minimum Gasteiger partial charge on any atom is -0.478 e. The molecular formula is C12H16N2O2S. The first-order valence-corrected chi connectivity index (χ1v) is 6.76. The molecule has 0 aromatic heterocycles. The summed E-state index contributed by atoms with van der Waals surface area (Å²) in [6.07, 6.45) is 1.20. The molecule has 92 valence electrons. The Hall–Kier alpha value is -1.36. The smallest absolute Gasteiger partial charge is 0.337 e. The molecule has 5 heteroatoms. The summed E-state index contributed by atoms with van der Waals surface area (Å²) in [5, 5.41) is 12.3. The van der Waals surface area contributed by atoms with Crippen LogP contribution < -0.4 is 11.1 Å². The monoisotopic (exact) mass is 252 g/mol. The van der Waals surface area contributed by atoms with E-state index in [4.69, 9.17) is 10.8 Å². The van der Waals surface area contributed by atoms with Crippen LogP contribution in [0.1, 0.15) is 16.8 Å². The molecule has 0 saturated carbocycles. The van der Waals surface area contributed by atoms with Crippen LogP contribution >= 0.6 is 11.8 Å². The number of thioether (sulfide) groups is 1. The quantitative estimate of drug-likeness (QED) is 0.716. The van der Waals surface area contributed by atoms with Gasteiger partial charge in [0.25, 0.3) is 0 Å². The molecule has 1 aromatic rings. The fourth-order valence-corrected chi connectivity index (χ4v) is 3.18. The zero-order chi connectivity index (χ0) is 12.3. The van der Waals surface area contributed by atoms with Crippen LogP contribution in [0.15, 0.2) is 18.2 Å². The van der Waals surface area contributed by atoms with Crippen LogP contribution in [-0.4, -0.2) is 29.1 Å². The molecular weight excluding hydrogens is 236 g/mol. The van der Waals surface area contributed by atoms with Gasteiger partial charge in [0.2, 0.25) is 0 Å². The van der Waals surface area contributed by atoms with Crippen molar-refractivity contribution in [2.45, 2.75) is 6.42 Å². The Bertz CT molecular complexity index is 417. The van der Waals surface area contributed by atoms with Crippen LogP contribution in [0.3, 0.4) is 0 Å². The van der Waals surface area contributed by atoms with Crippen LogP contribution in [0.2, 0.25) is 0 Å². The molecule has 0 spiro atoms. The first kappa shape index (κ1) is 12.1. The van der Waals surface area contributed by atoms with Gasteiger partial charge in [0.15, 0.2) is 0 Å². The van der Waals surface area contributed by atoms with Gasteiger partial charge in [-0.3, -0.25) is 0 Å². The van der Waals surface area contributed by atoms with E-state index >= 15 is 0 Å². The average Bonchev–Trinajstić information content (AvgIpc) is 2.78. The van der Waals surface area contributed by atoms with Crippen molar-refractivity contribution >= 4 is 29.1 Å². The molecule has 1 aliphatic heterocycles. The molecule has 1 atom stereocenters. The number of benzene rings is 1. The molecule has 0 amide bonds. The van der Waals surface area contributed by atoms with E-state index in [2.05, 4.69) is 5.32 Å². The molecule has 0 radical (unpaired) electrons. The highest BCUT2D eigenvalue weighted by atomic mass is 32.2. The van der Waals surface area contributed by atoms with Crippen molar-refractivity contribution in [1.29, 1.82) is 0 Å². The number of nitrogens with one attached hydrogen (secondary N) is 1. The van der Waals surface area contributed by atoms with Crippen molar-refractivity contribution in [1.82, 2.24) is 0 Å². The van der Waals surface area contributed by atoms with Crippen molar-refractivity contribution in [3.05, 3.63) is 23.8 Å². The number of rotatable bonds is 4. The second-order valence-corrected chi connectivity index (χ2v) is 5.37. The fraction of sp³-hybridized carbons (Fsp3) is 0.417. The third-order valence-electron chi connectivity index (χ3n) is 2.88. The Morgan fingerprint density at radius 2 is 2.41 bits per heavy atom. The summed E-state index contributed by atoms with van der Waals surface area (Å²) >= 11 is 1.95. The molecule has 0 aliphatic carbocycles. The lowest BCUT2D eigenvalue weighted by molar-refractivity contribution is 0.0698. The number of nitrogens with two attached hydrogens (primary N) is 1. The predicted molar refractivity (Wildman–Crippen MR) is 71.7 cm³/mol. The van der Waals surface area contributed by atoms with Gasteiger partial charge >= 0.3 is 5.97 Å². The molecule has 1 fully saturated rings. The van der Waals surface area contributed by atoms with Gasteiger partial charge < -0.3 is 16.2 Å². The summed E-state index contributed by atoms with van der Waals surface area (Å²) in [6, 6.07) is 4.84. The number of carbonyl (C=O) groups is 1. The largest absolute Gasteiger partial charge is 0.478 e. The van der Waals surface area contributed by atoms with Crippen molar-refractivity contribution in [3.63, 3.8) is 0 Å². The summed E-state index contributed by atoms with van der Waals surface area (Å²) in [5.74, 6) is 2.06. The lowest BCUT2D eigenvalue weighted by Gasteiger charge is -2.13. The molecule has 4 N–H and O–H groups in total. The maximum absolute atomic E-state index is 11.0. The average molecular weight is 252 g/mol. The van der Waals surface area contributed by atoms with Crippen molar-refractivity contribution < 1.29 is 9.90 Å². The van der Waals surface area contributed by atoms with E-state index in [9.17, 15) is 4.79 Å². The van der Waals surface area contributed by atoms with E-state index in [0.717, 1.165) is 12.3 Å². The molecule has 1 heterocycles. The first-order valence-electron chi connectivity index (χ1n) is 5.61. The van der Waals surface area contributed by atoms with E-state index in [-0.39, 0.29) is 5.56 Å². The molecule has 0 bridgehead atoms. The van der Waals surface area contributed by atoms with E-state index < -0.39 is 5.97 Å². The lowest BCUT2D eigenvalue weighted by atomic mass is 10.1. The summed E-state index contributed by atoms with van der Waals surface area (Å²) in [7, 11) is 0. The number of nitrogen functional groups attached to an aromatic ring is 1. The summed E-state index contributed by atoms with van der Waals surface area (Å²) in [5.41, 5.74) is 7.16. The van der Waals surface area contributed by atoms with Crippen LogP contribution in [-0.2, 0) is 0 Å². The number of hydrogen-bond donors (Lipinski definition) is 3. The fourth-order valence-electron chi connectivity index (χ4n) is 1.89.